The molecule has 1 aliphatic heterocycles. The summed E-state index contributed by atoms with van der Waals surface area (Å²) in [5, 5.41) is 8.68. The molecule has 3 fully saturated rings. The Morgan fingerprint density at radius 2 is 1.48 bits per heavy atom. The maximum atomic E-state index is 14.4. The SMILES string of the molecule is CN(C[C@@H](NC(=O)N[C@H](C(=O)N1C[C@H]2[C@@H]([C@H]1C(=O)NC(CC1CC1)C(=O)C(N)=O)C2(C)C)C(C)(C)C)C(C)(C)C)c1c(C(C)(C)C)c(=O)c1=O. The molecule has 6 atom stereocenters. The third-order valence-corrected chi connectivity index (χ3v) is 11.1. The number of likely N-dealkylation sites (tertiary alicyclic amines) is 1. The van der Waals surface area contributed by atoms with E-state index >= 15 is 0 Å². The molecule has 4 rings (SSSR count). The van der Waals surface area contributed by atoms with E-state index in [-0.39, 0.29) is 29.7 Å². The summed E-state index contributed by atoms with van der Waals surface area (Å²) in [6.45, 7) is 21.6. The van der Waals surface area contributed by atoms with E-state index in [1.165, 1.54) is 4.90 Å². The van der Waals surface area contributed by atoms with Crippen LogP contribution >= 0.6 is 0 Å². The van der Waals surface area contributed by atoms with Gasteiger partial charge in [0.2, 0.25) is 28.5 Å². The van der Waals surface area contributed by atoms with Crippen molar-refractivity contribution in [1.82, 2.24) is 20.9 Å². The molecule has 13 nitrogen and oxygen atoms in total. The van der Waals surface area contributed by atoms with E-state index in [1.807, 2.05) is 76.2 Å². The van der Waals surface area contributed by atoms with Gasteiger partial charge in [-0.25, -0.2) is 4.79 Å². The summed E-state index contributed by atoms with van der Waals surface area (Å²) >= 11 is 0. The molecule has 5 N–H and O–H groups in total. The maximum Gasteiger partial charge on any atom is 0.315 e. The molecule has 3 aliphatic rings. The molecule has 2 saturated carbocycles. The number of carbonyl (C=O) groups is 5. The van der Waals surface area contributed by atoms with Crippen LogP contribution in [0.5, 0.6) is 0 Å². The molecule has 5 amide bonds. The highest BCUT2D eigenvalue weighted by Gasteiger charge is 2.70. The Hall–Kier alpha value is -3.77. The van der Waals surface area contributed by atoms with Crippen molar-refractivity contribution in [3.63, 3.8) is 0 Å². The quantitative estimate of drug-likeness (QED) is 0.239. The molecule has 0 spiro atoms. The van der Waals surface area contributed by atoms with Gasteiger partial charge >= 0.3 is 6.03 Å². The lowest BCUT2D eigenvalue weighted by Gasteiger charge is -2.39. The number of primary amides is 1. The second-order valence-electron chi connectivity index (χ2n) is 18.7. The smallest absolute Gasteiger partial charge is 0.315 e. The van der Waals surface area contributed by atoms with Crippen molar-refractivity contribution >= 4 is 35.2 Å². The summed E-state index contributed by atoms with van der Waals surface area (Å²) in [7, 11) is 1.73. The molecular formula is C37H58N6O7. The van der Waals surface area contributed by atoms with Crippen LogP contribution in [-0.4, -0.2) is 78.7 Å². The van der Waals surface area contributed by atoms with E-state index < -0.39 is 80.8 Å². The van der Waals surface area contributed by atoms with Gasteiger partial charge in [0.15, 0.2) is 0 Å². The fourth-order valence-corrected chi connectivity index (χ4v) is 7.65. The van der Waals surface area contributed by atoms with E-state index in [2.05, 4.69) is 16.0 Å². The first-order valence-corrected chi connectivity index (χ1v) is 17.8. The van der Waals surface area contributed by atoms with Gasteiger partial charge in [0.1, 0.15) is 12.1 Å². The van der Waals surface area contributed by atoms with Crippen LogP contribution in [0.3, 0.4) is 0 Å². The van der Waals surface area contributed by atoms with E-state index in [9.17, 15) is 33.6 Å². The highest BCUT2D eigenvalue weighted by atomic mass is 16.2. The van der Waals surface area contributed by atoms with Crippen LogP contribution in [0.1, 0.15) is 101 Å². The summed E-state index contributed by atoms with van der Waals surface area (Å²) in [6, 6.07) is -4.04. The van der Waals surface area contributed by atoms with Crippen LogP contribution in [0.2, 0.25) is 0 Å². The lowest BCUT2D eigenvalue weighted by molar-refractivity contribution is -0.145. The van der Waals surface area contributed by atoms with Gasteiger partial charge in [0, 0.05) is 25.7 Å². The molecule has 0 aromatic heterocycles. The Balaban J connectivity index is 1.53. The fraction of sp³-hybridized carbons (Fsp3) is 0.757. The number of amides is 5. The highest BCUT2D eigenvalue weighted by Crippen LogP contribution is 2.65. The third-order valence-electron chi connectivity index (χ3n) is 11.1. The van der Waals surface area contributed by atoms with Crippen LogP contribution in [0.25, 0.3) is 0 Å². The minimum absolute atomic E-state index is 0.0552. The molecule has 1 heterocycles. The summed E-state index contributed by atoms with van der Waals surface area (Å²) in [5.74, 6) is -2.75. The van der Waals surface area contributed by atoms with E-state index in [0.717, 1.165) is 12.8 Å². The van der Waals surface area contributed by atoms with Gasteiger partial charge in [-0.1, -0.05) is 89.0 Å². The van der Waals surface area contributed by atoms with Crippen LogP contribution < -0.4 is 37.4 Å². The summed E-state index contributed by atoms with van der Waals surface area (Å²) in [5.41, 5.74) is 3.13. The standard InChI is InChI=1S/C37H58N6O7/c1-34(2,3)21(17-42(12)24-23(35(4,5)6)27(45)28(24)46)40-33(50)41-29(36(7,8)9)32(49)43-16-19-22(37(19,10)11)25(43)31(48)39-20(15-18-13-14-18)26(44)30(38)47/h18-22,25,29H,13-17H2,1-12H3,(H2,38,47)(H,39,48)(H2,40,41,50)/t19-,20?,21+,22-,25-,29+/m0/s1. The maximum absolute atomic E-state index is 14.4. The number of Topliss-reactive ketones (excluding diaryl/α,β-unsaturated/α-hetero) is 1. The van der Waals surface area contributed by atoms with Crippen LogP contribution in [0.4, 0.5) is 10.5 Å². The highest BCUT2D eigenvalue weighted by molar-refractivity contribution is 6.37. The predicted molar refractivity (Wildman–Crippen MR) is 191 cm³/mol. The lowest BCUT2D eigenvalue weighted by Crippen LogP contribution is -2.63. The van der Waals surface area contributed by atoms with Crippen molar-refractivity contribution in [3.05, 3.63) is 26.0 Å². The van der Waals surface area contributed by atoms with Crippen molar-refractivity contribution in [1.29, 1.82) is 0 Å². The molecule has 1 aromatic carbocycles. The number of nitrogens with zero attached hydrogens (tertiary/aromatic N) is 2. The largest absolute Gasteiger partial charge is 0.369 e. The molecule has 50 heavy (non-hydrogen) atoms. The van der Waals surface area contributed by atoms with Crippen molar-refractivity contribution in [3.8, 4) is 0 Å². The number of ketones is 1. The number of likely N-dealkylation sites (N-methyl/N-ethyl adjacent to an activating group) is 1. The van der Waals surface area contributed by atoms with Gasteiger partial charge in [-0.15, -0.1) is 0 Å². The Morgan fingerprint density at radius 1 is 0.900 bits per heavy atom. The molecular weight excluding hydrogens is 640 g/mol. The van der Waals surface area contributed by atoms with E-state index in [0.29, 0.717) is 24.2 Å². The summed E-state index contributed by atoms with van der Waals surface area (Å²) in [6.07, 6.45) is 2.14. The van der Waals surface area contributed by atoms with Crippen LogP contribution in [0, 0.1) is 34.0 Å². The topological polar surface area (TPSA) is 188 Å². The first-order chi connectivity index (χ1) is 22.7. The monoisotopic (exact) mass is 698 g/mol. The van der Waals surface area contributed by atoms with Gasteiger partial charge in [-0.3, -0.25) is 28.8 Å². The fourth-order valence-electron chi connectivity index (χ4n) is 7.65. The second kappa shape index (κ2) is 13.1. The number of nitrogens with one attached hydrogen (secondary N) is 3. The molecule has 13 heteroatoms. The number of piperidine rings is 1. The number of carbonyl (C=O) groups excluding carboxylic acids is 5. The molecule has 2 aliphatic carbocycles. The zero-order chi connectivity index (χ0) is 38.0. The minimum atomic E-state index is -1.11. The average molecular weight is 699 g/mol. The van der Waals surface area contributed by atoms with Crippen molar-refractivity contribution < 1.29 is 24.0 Å². The zero-order valence-electron chi connectivity index (χ0n) is 31.9. The molecule has 278 valence electrons. The molecule has 0 radical (unpaired) electrons. The number of rotatable bonds is 12. The normalized spacial score (nSPS) is 23.4. The van der Waals surface area contributed by atoms with Crippen LogP contribution in [0.15, 0.2) is 9.59 Å². The van der Waals surface area contributed by atoms with Crippen molar-refractivity contribution in [2.24, 2.45) is 39.7 Å². The molecule has 1 aromatic rings. The number of nitrogens with two attached hydrogens (primary N) is 1. The summed E-state index contributed by atoms with van der Waals surface area (Å²) < 4.78 is 0. The van der Waals surface area contributed by atoms with Crippen molar-refractivity contribution in [2.75, 3.05) is 25.0 Å². The number of fused-ring (bicyclic) bond motifs is 1. The first-order valence-electron chi connectivity index (χ1n) is 17.8. The molecule has 1 unspecified atom stereocenters. The molecule has 1 saturated heterocycles. The molecule has 0 bridgehead atoms. The Bertz CT molecular complexity index is 1620. The van der Waals surface area contributed by atoms with Gasteiger partial charge in [0.25, 0.3) is 5.91 Å². The van der Waals surface area contributed by atoms with E-state index in [1.54, 1.807) is 11.9 Å². The van der Waals surface area contributed by atoms with Gasteiger partial charge in [-0.2, -0.15) is 0 Å². The predicted octanol–water partition coefficient (Wildman–Crippen LogP) is 1.97. The number of hydrogen-bond acceptors (Lipinski definition) is 8. The van der Waals surface area contributed by atoms with Gasteiger partial charge in [0.05, 0.1) is 17.8 Å². The number of anilines is 1. The average Bonchev–Trinajstić information content (AvgIpc) is 3.82. The Morgan fingerprint density at radius 3 is 1.96 bits per heavy atom. The number of urea groups is 1. The number of hydrogen-bond donors (Lipinski definition) is 4. The Kier molecular flexibility index (Phi) is 10.2. The van der Waals surface area contributed by atoms with Gasteiger partial charge in [-0.05, 0) is 45.8 Å². The first kappa shape index (κ1) is 39.0. The second-order valence-corrected chi connectivity index (χ2v) is 18.7. The zero-order valence-corrected chi connectivity index (χ0v) is 31.9. The van der Waals surface area contributed by atoms with Crippen LogP contribution in [-0.2, 0) is 24.6 Å². The van der Waals surface area contributed by atoms with Gasteiger partial charge < -0.3 is 31.5 Å². The Labute approximate surface area is 295 Å². The minimum Gasteiger partial charge on any atom is -0.369 e. The van der Waals surface area contributed by atoms with E-state index in [4.69, 9.17) is 5.73 Å². The third kappa shape index (κ3) is 7.76. The lowest BCUT2D eigenvalue weighted by atomic mass is 9.81. The van der Waals surface area contributed by atoms with Crippen molar-refractivity contribution in [2.45, 2.75) is 125 Å². The summed E-state index contributed by atoms with van der Waals surface area (Å²) in [4.78, 5) is 94.8.